The van der Waals surface area contributed by atoms with Gasteiger partial charge in [-0.1, -0.05) is 0 Å². The van der Waals surface area contributed by atoms with Crippen LogP contribution in [0.5, 0.6) is 0 Å². The fourth-order valence-electron chi connectivity index (χ4n) is 3.28. The molecule has 2 aromatic heterocycles. The van der Waals surface area contributed by atoms with Gasteiger partial charge in [0, 0.05) is 24.7 Å². The predicted molar refractivity (Wildman–Crippen MR) is 103 cm³/mol. The first kappa shape index (κ1) is 18.0. The van der Waals surface area contributed by atoms with Crippen LogP contribution in [0, 0.1) is 19.8 Å². The second-order valence-electron chi connectivity index (χ2n) is 6.79. The van der Waals surface area contributed by atoms with Crippen LogP contribution in [-0.4, -0.2) is 30.4 Å². The minimum absolute atomic E-state index is 0.00173. The van der Waals surface area contributed by atoms with Crippen molar-refractivity contribution in [3.05, 3.63) is 51.6 Å². The standard InChI is InChI=1S/C20H26N2O2S/c1-15-11-19(16(2)24-15)13-22-8-5-17(6-9-22)12-21-20(23)4-3-18-7-10-25-14-18/h3-4,7,10-11,14,17H,5-6,8-9,12-13H2,1-2H3,(H,21,23)/b4-3+. The molecule has 1 aliphatic heterocycles. The largest absolute Gasteiger partial charge is 0.466 e. The molecule has 2 aromatic rings. The summed E-state index contributed by atoms with van der Waals surface area (Å²) in [4.78, 5) is 14.4. The quantitative estimate of drug-likeness (QED) is 0.794. The van der Waals surface area contributed by atoms with Crippen molar-refractivity contribution < 1.29 is 9.21 Å². The summed E-state index contributed by atoms with van der Waals surface area (Å²) in [5.41, 5.74) is 2.38. The average Bonchev–Trinajstić information content (AvgIpc) is 3.22. The number of nitrogens with zero attached hydrogens (tertiary/aromatic N) is 1. The lowest BCUT2D eigenvalue weighted by atomic mass is 9.96. The molecule has 3 rings (SSSR count). The van der Waals surface area contributed by atoms with Crippen LogP contribution in [0.25, 0.3) is 6.08 Å². The van der Waals surface area contributed by atoms with Gasteiger partial charge in [-0.3, -0.25) is 9.69 Å². The minimum atomic E-state index is -0.00173. The third-order valence-electron chi connectivity index (χ3n) is 4.78. The normalized spacial score (nSPS) is 16.6. The third-order valence-corrected chi connectivity index (χ3v) is 5.48. The zero-order valence-electron chi connectivity index (χ0n) is 15.0. The van der Waals surface area contributed by atoms with Gasteiger partial charge in [-0.05, 0) is 80.2 Å². The van der Waals surface area contributed by atoms with Crippen LogP contribution in [0.15, 0.2) is 33.4 Å². The zero-order valence-corrected chi connectivity index (χ0v) is 15.8. The van der Waals surface area contributed by atoms with E-state index in [1.165, 1.54) is 5.56 Å². The summed E-state index contributed by atoms with van der Waals surface area (Å²) in [6.07, 6.45) is 5.75. The van der Waals surface area contributed by atoms with Crippen LogP contribution in [0.4, 0.5) is 0 Å². The van der Waals surface area contributed by atoms with E-state index in [2.05, 4.69) is 16.3 Å². The van der Waals surface area contributed by atoms with Crippen molar-refractivity contribution in [3.8, 4) is 0 Å². The Morgan fingerprint density at radius 1 is 1.40 bits per heavy atom. The van der Waals surface area contributed by atoms with Crippen molar-refractivity contribution in [2.75, 3.05) is 19.6 Å². The molecule has 1 amide bonds. The van der Waals surface area contributed by atoms with E-state index < -0.39 is 0 Å². The van der Waals surface area contributed by atoms with Crippen molar-refractivity contribution in [1.82, 2.24) is 10.2 Å². The maximum absolute atomic E-state index is 11.9. The van der Waals surface area contributed by atoms with E-state index in [9.17, 15) is 4.79 Å². The van der Waals surface area contributed by atoms with Crippen LogP contribution < -0.4 is 5.32 Å². The molecule has 0 bridgehead atoms. The van der Waals surface area contributed by atoms with E-state index in [0.717, 1.165) is 56.1 Å². The van der Waals surface area contributed by atoms with E-state index in [4.69, 9.17) is 4.42 Å². The highest BCUT2D eigenvalue weighted by atomic mass is 32.1. The number of amides is 1. The molecule has 134 valence electrons. The molecule has 1 fully saturated rings. The topological polar surface area (TPSA) is 45.5 Å². The number of aryl methyl sites for hydroxylation is 2. The summed E-state index contributed by atoms with van der Waals surface area (Å²) >= 11 is 1.64. The number of likely N-dealkylation sites (tertiary alicyclic amines) is 1. The molecule has 0 aliphatic carbocycles. The van der Waals surface area contributed by atoms with E-state index >= 15 is 0 Å². The van der Waals surface area contributed by atoms with Gasteiger partial charge in [0.2, 0.25) is 5.91 Å². The number of nitrogens with one attached hydrogen (secondary N) is 1. The Morgan fingerprint density at radius 2 is 2.20 bits per heavy atom. The average molecular weight is 359 g/mol. The fraction of sp³-hybridized carbons (Fsp3) is 0.450. The SMILES string of the molecule is Cc1cc(CN2CCC(CNC(=O)/C=C/c3ccsc3)CC2)c(C)o1. The van der Waals surface area contributed by atoms with E-state index in [1.807, 2.05) is 36.7 Å². The highest BCUT2D eigenvalue weighted by Crippen LogP contribution is 2.21. The van der Waals surface area contributed by atoms with Crippen LogP contribution in [0.1, 0.15) is 35.5 Å². The summed E-state index contributed by atoms with van der Waals surface area (Å²) in [5.74, 6) is 2.59. The maximum Gasteiger partial charge on any atom is 0.244 e. The van der Waals surface area contributed by atoms with Crippen molar-refractivity contribution in [2.45, 2.75) is 33.2 Å². The zero-order chi connectivity index (χ0) is 17.6. The number of piperidine rings is 1. The van der Waals surface area contributed by atoms with Gasteiger partial charge in [-0.25, -0.2) is 0 Å². The molecular weight excluding hydrogens is 332 g/mol. The molecular formula is C20H26N2O2S. The fourth-order valence-corrected chi connectivity index (χ4v) is 3.90. The monoisotopic (exact) mass is 358 g/mol. The van der Waals surface area contributed by atoms with Crippen LogP contribution in [-0.2, 0) is 11.3 Å². The molecule has 5 heteroatoms. The van der Waals surface area contributed by atoms with Crippen molar-refractivity contribution in [1.29, 1.82) is 0 Å². The maximum atomic E-state index is 11.9. The molecule has 0 aromatic carbocycles. The minimum Gasteiger partial charge on any atom is -0.466 e. The van der Waals surface area contributed by atoms with E-state index in [0.29, 0.717) is 5.92 Å². The molecule has 0 atom stereocenters. The van der Waals surface area contributed by atoms with Crippen molar-refractivity contribution in [2.24, 2.45) is 5.92 Å². The van der Waals surface area contributed by atoms with Crippen LogP contribution in [0.3, 0.4) is 0 Å². The molecule has 4 nitrogen and oxygen atoms in total. The summed E-state index contributed by atoms with van der Waals surface area (Å²) in [6, 6.07) is 4.15. The van der Waals surface area contributed by atoms with Gasteiger partial charge in [-0.15, -0.1) is 0 Å². The number of furan rings is 1. The lowest BCUT2D eigenvalue weighted by Gasteiger charge is -2.31. The predicted octanol–water partition coefficient (Wildman–Crippen LogP) is 4.00. The van der Waals surface area contributed by atoms with Crippen LogP contribution in [0.2, 0.25) is 0 Å². The number of hydrogen-bond donors (Lipinski definition) is 1. The summed E-state index contributed by atoms with van der Waals surface area (Å²) < 4.78 is 5.61. The van der Waals surface area contributed by atoms with Gasteiger partial charge < -0.3 is 9.73 Å². The number of carbonyl (C=O) groups excluding carboxylic acids is 1. The molecule has 1 saturated heterocycles. The number of thiophene rings is 1. The van der Waals surface area contributed by atoms with E-state index in [-0.39, 0.29) is 5.91 Å². The molecule has 0 radical (unpaired) electrons. The van der Waals surface area contributed by atoms with Gasteiger partial charge in [0.15, 0.2) is 0 Å². The first-order valence-corrected chi connectivity index (χ1v) is 9.81. The Balaban J connectivity index is 1.37. The van der Waals surface area contributed by atoms with Gasteiger partial charge in [-0.2, -0.15) is 11.3 Å². The Kier molecular flexibility index (Phi) is 6.10. The Bertz CT molecular complexity index is 710. The highest BCUT2D eigenvalue weighted by molar-refractivity contribution is 7.08. The van der Waals surface area contributed by atoms with Gasteiger partial charge >= 0.3 is 0 Å². The third kappa shape index (κ3) is 5.31. The Hall–Kier alpha value is -1.85. The van der Waals surface area contributed by atoms with Crippen LogP contribution >= 0.6 is 11.3 Å². The molecule has 0 unspecified atom stereocenters. The molecule has 1 N–H and O–H groups in total. The Labute approximate surface area is 153 Å². The van der Waals surface area contributed by atoms with Gasteiger partial charge in [0.05, 0.1) is 0 Å². The van der Waals surface area contributed by atoms with Gasteiger partial charge in [0.1, 0.15) is 11.5 Å². The summed E-state index contributed by atoms with van der Waals surface area (Å²) in [7, 11) is 0. The lowest BCUT2D eigenvalue weighted by molar-refractivity contribution is -0.116. The molecule has 1 aliphatic rings. The van der Waals surface area contributed by atoms with Gasteiger partial charge in [0.25, 0.3) is 0 Å². The number of rotatable bonds is 6. The first-order valence-electron chi connectivity index (χ1n) is 8.86. The second kappa shape index (κ2) is 8.50. The first-order chi connectivity index (χ1) is 12.1. The van der Waals surface area contributed by atoms with Crippen molar-refractivity contribution in [3.63, 3.8) is 0 Å². The molecule has 0 spiro atoms. The molecule has 0 saturated carbocycles. The smallest absolute Gasteiger partial charge is 0.244 e. The summed E-state index contributed by atoms with van der Waals surface area (Å²) in [5, 5.41) is 7.08. The summed E-state index contributed by atoms with van der Waals surface area (Å²) in [6.45, 7) is 7.92. The molecule has 3 heterocycles. The van der Waals surface area contributed by atoms with Crippen molar-refractivity contribution >= 4 is 23.3 Å². The lowest BCUT2D eigenvalue weighted by Crippen LogP contribution is -2.38. The second-order valence-corrected chi connectivity index (χ2v) is 7.57. The number of carbonyl (C=O) groups is 1. The highest BCUT2D eigenvalue weighted by Gasteiger charge is 2.20. The molecule has 25 heavy (non-hydrogen) atoms. The number of hydrogen-bond acceptors (Lipinski definition) is 4. The Morgan fingerprint density at radius 3 is 2.84 bits per heavy atom. The van der Waals surface area contributed by atoms with E-state index in [1.54, 1.807) is 17.4 Å².